The van der Waals surface area contributed by atoms with Crippen LogP contribution >= 0.6 is 0 Å². The largest absolute Gasteiger partial charge is 0.451 e. The smallest absolute Gasteiger partial charge is 0.331 e. The molecular formula is C23H28O3. The lowest BCUT2D eigenvalue weighted by Gasteiger charge is -2.57. The molecule has 6 rings (SSSR count). The van der Waals surface area contributed by atoms with Crippen LogP contribution < -0.4 is 0 Å². The number of hydrogen-bond donors (Lipinski definition) is 0. The van der Waals surface area contributed by atoms with E-state index in [-0.39, 0.29) is 17.0 Å². The predicted octanol–water partition coefficient (Wildman–Crippen LogP) is 4.37. The lowest BCUT2D eigenvalue weighted by atomic mass is 9.48. The molecule has 26 heavy (non-hydrogen) atoms. The van der Waals surface area contributed by atoms with Crippen molar-refractivity contribution in [3.63, 3.8) is 0 Å². The zero-order valence-electron chi connectivity index (χ0n) is 15.6. The van der Waals surface area contributed by atoms with Gasteiger partial charge in [0.15, 0.2) is 5.78 Å². The number of allylic oxidation sites excluding steroid dienone is 1. The maximum absolute atomic E-state index is 12.1. The van der Waals surface area contributed by atoms with Crippen molar-refractivity contribution in [1.82, 2.24) is 0 Å². The van der Waals surface area contributed by atoms with Gasteiger partial charge in [0.1, 0.15) is 5.60 Å². The molecule has 0 aromatic carbocycles. The van der Waals surface area contributed by atoms with E-state index in [9.17, 15) is 9.59 Å². The number of rotatable bonds is 0. The molecule has 4 fully saturated rings. The highest BCUT2D eigenvalue weighted by molar-refractivity contribution is 5.91. The Bertz CT molecular complexity index is 772. The second-order valence-corrected chi connectivity index (χ2v) is 10.3. The van der Waals surface area contributed by atoms with Gasteiger partial charge in [-0.25, -0.2) is 4.79 Å². The molecule has 4 saturated carbocycles. The van der Waals surface area contributed by atoms with Gasteiger partial charge in [-0.05, 0) is 92.6 Å². The number of ether oxygens (including phenoxy) is 1. The van der Waals surface area contributed by atoms with Crippen LogP contribution in [0.25, 0.3) is 0 Å². The first-order valence-electron chi connectivity index (χ1n) is 10.6. The van der Waals surface area contributed by atoms with Crippen molar-refractivity contribution in [1.29, 1.82) is 0 Å². The first-order chi connectivity index (χ1) is 12.5. The van der Waals surface area contributed by atoms with Gasteiger partial charge in [-0.1, -0.05) is 12.5 Å². The highest BCUT2D eigenvalue weighted by Crippen LogP contribution is 2.72. The van der Waals surface area contributed by atoms with E-state index in [0.717, 1.165) is 37.5 Å². The monoisotopic (exact) mass is 352 g/mol. The van der Waals surface area contributed by atoms with E-state index in [1.54, 1.807) is 11.6 Å². The average molecular weight is 352 g/mol. The molecule has 0 N–H and O–H groups in total. The van der Waals surface area contributed by atoms with Crippen LogP contribution in [0.3, 0.4) is 0 Å². The van der Waals surface area contributed by atoms with E-state index in [2.05, 4.69) is 19.1 Å². The molecule has 6 atom stereocenters. The zero-order chi connectivity index (χ0) is 17.7. The summed E-state index contributed by atoms with van der Waals surface area (Å²) in [6, 6.07) is 0. The summed E-state index contributed by atoms with van der Waals surface area (Å²) >= 11 is 0. The van der Waals surface area contributed by atoms with E-state index in [4.69, 9.17) is 4.74 Å². The molecule has 3 heteroatoms. The standard InChI is InChI=1S/C23H28O3/c1-21-7-4-15-16-3-2-14(24)12-19(16)22(10-11-22)13-17(15)18(21)5-8-23(21)9-6-20(25)26-23/h6,9,12,15-18H,2-5,7-8,10-11,13H2,1H3. The van der Waals surface area contributed by atoms with Gasteiger partial charge in [0.25, 0.3) is 0 Å². The molecule has 0 amide bonds. The summed E-state index contributed by atoms with van der Waals surface area (Å²) in [4.78, 5) is 24.0. The Kier molecular flexibility index (Phi) is 2.84. The maximum Gasteiger partial charge on any atom is 0.331 e. The summed E-state index contributed by atoms with van der Waals surface area (Å²) in [7, 11) is 0. The Hall–Kier alpha value is -1.38. The number of esters is 1. The second-order valence-electron chi connectivity index (χ2n) is 10.3. The Balaban J connectivity index is 1.39. The van der Waals surface area contributed by atoms with Gasteiger partial charge in [-0.15, -0.1) is 0 Å². The molecular weight excluding hydrogens is 324 g/mol. The fourth-order valence-corrected chi connectivity index (χ4v) is 8.04. The number of carbonyl (C=O) groups is 2. The summed E-state index contributed by atoms with van der Waals surface area (Å²) < 4.78 is 5.94. The van der Waals surface area contributed by atoms with Crippen molar-refractivity contribution in [3.8, 4) is 0 Å². The van der Waals surface area contributed by atoms with Crippen LogP contribution in [-0.4, -0.2) is 17.4 Å². The Labute approximate surface area is 155 Å². The van der Waals surface area contributed by atoms with Gasteiger partial charge in [0.05, 0.1) is 0 Å². The third-order valence-corrected chi connectivity index (χ3v) is 9.47. The summed E-state index contributed by atoms with van der Waals surface area (Å²) in [5, 5.41) is 0. The average Bonchev–Trinajstić information content (AvgIpc) is 3.19. The van der Waals surface area contributed by atoms with Gasteiger partial charge in [0.2, 0.25) is 0 Å². The molecule has 6 unspecified atom stereocenters. The normalized spacial score (nSPS) is 50.3. The highest BCUT2D eigenvalue weighted by Gasteiger charge is 2.67. The molecule has 6 aliphatic rings. The Morgan fingerprint density at radius 1 is 1.04 bits per heavy atom. The molecule has 2 spiro atoms. The molecule has 1 heterocycles. The molecule has 0 aromatic rings. The van der Waals surface area contributed by atoms with Crippen LogP contribution in [0.5, 0.6) is 0 Å². The molecule has 138 valence electrons. The van der Waals surface area contributed by atoms with E-state index < -0.39 is 0 Å². The van der Waals surface area contributed by atoms with Gasteiger partial charge >= 0.3 is 5.97 Å². The number of ketones is 1. The minimum absolute atomic E-state index is 0.0958. The maximum atomic E-state index is 12.1. The lowest BCUT2D eigenvalue weighted by molar-refractivity contribution is -0.161. The van der Waals surface area contributed by atoms with Crippen LogP contribution in [0.15, 0.2) is 23.8 Å². The number of fused-ring (bicyclic) bond motifs is 7. The molecule has 1 aliphatic heterocycles. The van der Waals surface area contributed by atoms with Crippen molar-refractivity contribution >= 4 is 11.8 Å². The fourth-order valence-electron chi connectivity index (χ4n) is 8.04. The molecule has 0 radical (unpaired) electrons. The van der Waals surface area contributed by atoms with Crippen LogP contribution in [0.1, 0.15) is 64.7 Å². The lowest BCUT2D eigenvalue weighted by Crippen LogP contribution is -2.53. The third kappa shape index (κ3) is 1.75. The Morgan fingerprint density at radius 3 is 2.62 bits per heavy atom. The quantitative estimate of drug-likeness (QED) is 0.608. The van der Waals surface area contributed by atoms with Gasteiger partial charge in [0, 0.05) is 17.9 Å². The van der Waals surface area contributed by atoms with Gasteiger partial charge in [-0.3, -0.25) is 4.79 Å². The van der Waals surface area contributed by atoms with E-state index in [0.29, 0.717) is 23.0 Å². The van der Waals surface area contributed by atoms with Crippen LogP contribution in [0.4, 0.5) is 0 Å². The number of hydrogen-bond acceptors (Lipinski definition) is 3. The van der Waals surface area contributed by atoms with Crippen molar-refractivity contribution in [2.45, 2.75) is 70.3 Å². The molecule has 3 nitrogen and oxygen atoms in total. The predicted molar refractivity (Wildman–Crippen MR) is 97.1 cm³/mol. The Morgan fingerprint density at radius 2 is 1.88 bits per heavy atom. The van der Waals surface area contributed by atoms with Crippen LogP contribution in [0.2, 0.25) is 0 Å². The van der Waals surface area contributed by atoms with E-state index in [1.807, 2.05) is 0 Å². The number of carbonyl (C=O) groups excluding carboxylic acids is 2. The SMILES string of the molecule is CC12CCC3C4CCC(=O)C=C4C4(CC4)CC3C1CCC21C=CC(=O)O1. The van der Waals surface area contributed by atoms with Crippen molar-refractivity contribution in [3.05, 3.63) is 23.8 Å². The first kappa shape index (κ1) is 15.7. The molecule has 0 bridgehead atoms. The third-order valence-electron chi connectivity index (χ3n) is 9.47. The van der Waals surface area contributed by atoms with Crippen LogP contribution in [-0.2, 0) is 14.3 Å². The van der Waals surface area contributed by atoms with Gasteiger partial charge < -0.3 is 4.74 Å². The fraction of sp³-hybridized carbons (Fsp3) is 0.739. The van der Waals surface area contributed by atoms with Crippen molar-refractivity contribution < 1.29 is 14.3 Å². The minimum Gasteiger partial charge on any atom is -0.451 e. The summed E-state index contributed by atoms with van der Waals surface area (Å²) in [5.41, 5.74) is 1.66. The van der Waals surface area contributed by atoms with E-state index >= 15 is 0 Å². The summed E-state index contributed by atoms with van der Waals surface area (Å²) in [5.74, 6) is 3.02. The van der Waals surface area contributed by atoms with Crippen LogP contribution in [0, 0.1) is 34.5 Å². The first-order valence-corrected chi connectivity index (χ1v) is 10.6. The second kappa shape index (κ2) is 4.72. The molecule has 0 aromatic heterocycles. The highest BCUT2D eigenvalue weighted by atomic mass is 16.6. The molecule has 0 saturated heterocycles. The summed E-state index contributed by atoms with van der Waals surface area (Å²) in [6.07, 6.45) is 16.1. The zero-order valence-corrected chi connectivity index (χ0v) is 15.6. The molecule has 5 aliphatic carbocycles. The van der Waals surface area contributed by atoms with Crippen molar-refractivity contribution in [2.75, 3.05) is 0 Å². The van der Waals surface area contributed by atoms with Crippen molar-refractivity contribution in [2.24, 2.45) is 34.5 Å². The van der Waals surface area contributed by atoms with Gasteiger partial charge in [-0.2, -0.15) is 0 Å². The minimum atomic E-state index is -0.338. The summed E-state index contributed by atoms with van der Waals surface area (Å²) in [6.45, 7) is 2.40. The topological polar surface area (TPSA) is 43.4 Å². The van der Waals surface area contributed by atoms with E-state index in [1.165, 1.54) is 32.1 Å².